The number of alkyl halides is 1. The summed E-state index contributed by atoms with van der Waals surface area (Å²) in [4.78, 5) is 28.4. The summed E-state index contributed by atoms with van der Waals surface area (Å²) in [7, 11) is 0. The third-order valence-electron chi connectivity index (χ3n) is 4.88. The zero-order valence-electron chi connectivity index (χ0n) is 12.0. The molecule has 2 aromatic rings. The van der Waals surface area contributed by atoms with E-state index in [1.807, 2.05) is 18.2 Å². The number of halogens is 1. The van der Waals surface area contributed by atoms with E-state index in [2.05, 4.69) is 32.8 Å². The molecule has 1 aliphatic carbocycles. The van der Waals surface area contributed by atoms with E-state index in [4.69, 9.17) is 0 Å². The molecule has 1 aromatic heterocycles. The minimum atomic E-state index is -0.605. The van der Waals surface area contributed by atoms with Crippen LogP contribution in [0.25, 0.3) is 11.0 Å². The lowest BCUT2D eigenvalue weighted by atomic mass is 9.77. The van der Waals surface area contributed by atoms with Crippen molar-refractivity contribution < 1.29 is 0 Å². The molecule has 0 aliphatic heterocycles. The zero-order valence-corrected chi connectivity index (χ0v) is 13.6. The molecular formula is C16H19BrN2O2. The second kappa shape index (κ2) is 5.44. The van der Waals surface area contributed by atoms with E-state index in [0.29, 0.717) is 16.4 Å². The fourth-order valence-corrected chi connectivity index (χ4v) is 4.58. The molecule has 1 unspecified atom stereocenters. The highest BCUT2D eigenvalue weighted by Crippen LogP contribution is 2.54. The maximum atomic E-state index is 11.5. The van der Waals surface area contributed by atoms with Gasteiger partial charge >= 0.3 is 11.1 Å². The van der Waals surface area contributed by atoms with Gasteiger partial charge in [-0.25, -0.2) is 0 Å². The average molecular weight is 351 g/mol. The quantitative estimate of drug-likeness (QED) is 0.655. The van der Waals surface area contributed by atoms with Crippen LogP contribution >= 0.6 is 15.9 Å². The van der Waals surface area contributed by atoms with Crippen molar-refractivity contribution >= 4 is 27.0 Å². The molecule has 1 aliphatic rings. The third-order valence-corrected chi connectivity index (χ3v) is 6.38. The maximum Gasteiger partial charge on any atom is 0.314 e. The molecule has 2 N–H and O–H groups in total. The molecule has 21 heavy (non-hydrogen) atoms. The van der Waals surface area contributed by atoms with Crippen molar-refractivity contribution in [1.82, 2.24) is 9.97 Å². The molecule has 112 valence electrons. The number of hydrogen-bond donors (Lipinski definition) is 2. The van der Waals surface area contributed by atoms with Crippen molar-refractivity contribution in [2.24, 2.45) is 5.41 Å². The number of rotatable bonds is 3. The average Bonchev–Trinajstić information content (AvgIpc) is 2.97. The lowest BCUT2D eigenvalue weighted by Gasteiger charge is -2.33. The SMILES string of the molecule is CCC1(C(Br)c2ccc3[nH]c(=O)c(=O)[nH]c3c2)CCCC1. The molecule has 4 nitrogen and oxygen atoms in total. The van der Waals surface area contributed by atoms with E-state index in [9.17, 15) is 9.59 Å². The Kier molecular flexibility index (Phi) is 3.78. The van der Waals surface area contributed by atoms with Crippen LogP contribution in [0.15, 0.2) is 27.8 Å². The molecular weight excluding hydrogens is 332 g/mol. The standard InChI is InChI=1S/C16H19BrN2O2/c1-2-16(7-3-4-8-16)13(17)10-5-6-11-12(9-10)19-15(21)14(20)18-11/h5-6,9,13H,2-4,7-8H2,1H3,(H,18,20)(H,19,21). The Labute approximate surface area is 131 Å². The van der Waals surface area contributed by atoms with Crippen LogP contribution in [-0.2, 0) is 0 Å². The van der Waals surface area contributed by atoms with Gasteiger partial charge in [0, 0.05) is 4.83 Å². The van der Waals surface area contributed by atoms with Gasteiger partial charge in [0.15, 0.2) is 0 Å². The van der Waals surface area contributed by atoms with Crippen molar-refractivity contribution in [2.45, 2.75) is 43.9 Å². The van der Waals surface area contributed by atoms with Gasteiger partial charge in [0.1, 0.15) is 0 Å². The summed E-state index contributed by atoms with van der Waals surface area (Å²) in [5.41, 5.74) is 1.61. The minimum absolute atomic E-state index is 0.275. The summed E-state index contributed by atoms with van der Waals surface area (Å²) in [5, 5.41) is 0. The molecule has 0 radical (unpaired) electrons. The summed E-state index contributed by atoms with van der Waals surface area (Å²) in [6, 6.07) is 5.88. The summed E-state index contributed by atoms with van der Waals surface area (Å²) in [6.07, 6.45) is 6.18. The topological polar surface area (TPSA) is 65.7 Å². The molecule has 5 heteroatoms. The van der Waals surface area contributed by atoms with Crippen LogP contribution in [0.2, 0.25) is 0 Å². The van der Waals surface area contributed by atoms with Gasteiger partial charge in [-0.05, 0) is 42.4 Å². The summed E-state index contributed by atoms with van der Waals surface area (Å²) < 4.78 is 0. The first-order valence-electron chi connectivity index (χ1n) is 7.46. The number of hydrogen-bond acceptors (Lipinski definition) is 2. The normalized spacial score (nSPS) is 19.0. The van der Waals surface area contributed by atoms with Gasteiger partial charge in [0.2, 0.25) is 0 Å². The first-order chi connectivity index (χ1) is 10.1. The maximum absolute atomic E-state index is 11.5. The number of aromatic amines is 2. The lowest BCUT2D eigenvalue weighted by Crippen LogP contribution is -2.29. The van der Waals surface area contributed by atoms with Crippen LogP contribution in [0, 0.1) is 5.41 Å². The van der Waals surface area contributed by atoms with Crippen LogP contribution in [0.3, 0.4) is 0 Å². The van der Waals surface area contributed by atoms with Crippen LogP contribution in [0.5, 0.6) is 0 Å². The van der Waals surface area contributed by atoms with Crippen molar-refractivity contribution in [3.63, 3.8) is 0 Å². The molecule has 1 saturated carbocycles. The van der Waals surface area contributed by atoms with E-state index < -0.39 is 11.1 Å². The van der Waals surface area contributed by atoms with Gasteiger partial charge in [-0.15, -0.1) is 0 Å². The van der Waals surface area contributed by atoms with Gasteiger partial charge in [-0.2, -0.15) is 0 Å². The Bertz CT molecular complexity index is 772. The lowest BCUT2D eigenvalue weighted by molar-refractivity contribution is 0.279. The fraction of sp³-hybridized carbons (Fsp3) is 0.500. The van der Waals surface area contributed by atoms with Gasteiger partial charge in [0.05, 0.1) is 11.0 Å². The van der Waals surface area contributed by atoms with E-state index in [0.717, 1.165) is 12.0 Å². The number of benzene rings is 1. The first kappa shape index (κ1) is 14.6. The molecule has 1 fully saturated rings. The van der Waals surface area contributed by atoms with Crippen molar-refractivity contribution in [3.8, 4) is 0 Å². The number of aromatic nitrogens is 2. The van der Waals surface area contributed by atoms with Gasteiger partial charge in [-0.3, -0.25) is 9.59 Å². The molecule has 3 rings (SSSR count). The molecule has 0 spiro atoms. The Hall–Kier alpha value is -1.36. The molecule has 1 heterocycles. The third kappa shape index (κ3) is 2.48. The van der Waals surface area contributed by atoms with E-state index in [1.54, 1.807) is 0 Å². The van der Waals surface area contributed by atoms with Gasteiger partial charge in [-0.1, -0.05) is 41.8 Å². The van der Waals surface area contributed by atoms with Crippen molar-refractivity contribution in [1.29, 1.82) is 0 Å². The highest BCUT2D eigenvalue weighted by molar-refractivity contribution is 9.09. The molecule has 0 bridgehead atoms. The predicted octanol–water partition coefficient (Wildman–Crippen LogP) is 3.62. The Morgan fingerprint density at radius 2 is 1.76 bits per heavy atom. The fourth-order valence-electron chi connectivity index (χ4n) is 3.51. The van der Waals surface area contributed by atoms with Crippen LogP contribution < -0.4 is 11.1 Å². The van der Waals surface area contributed by atoms with Crippen LogP contribution in [0.1, 0.15) is 49.4 Å². The van der Waals surface area contributed by atoms with E-state index in [-0.39, 0.29) is 4.83 Å². The Morgan fingerprint density at radius 3 is 2.38 bits per heavy atom. The minimum Gasteiger partial charge on any atom is -0.316 e. The largest absolute Gasteiger partial charge is 0.316 e. The first-order valence-corrected chi connectivity index (χ1v) is 8.38. The Morgan fingerprint density at radius 1 is 1.14 bits per heavy atom. The van der Waals surface area contributed by atoms with Crippen LogP contribution in [-0.4, -0.2) is 9.97 Å². The number of fused-ring (bicyclic) bond motifs is 1. The highest BCUT2D eigenvalue weighted by Gasteiger charge is 2.39. The second-order valence-electron chi connectivity index (χ2n) is 6.00. The zero-order chi connectivity index (χ0) is 15.0. The summed E-state index contributed by atoms with van der Waals surface area (Å²) >= 11 is 3.88. The second-order valence-corrected chi connectivity index (χ2v) is 6.91. The predicted molar refractivity (Wildman–Crippen MR) is 88.0 cm³/mol. The van der Waals surface area contributed by atoms with E-state index in [1.165, 1.54) is 25.7 Å². The molecule has 1 aromatic carbocycles. The number of H-pyrrole nitrogens is 2. The molecule has 0 saturated heterocycles. The molecule has 0 amide bonds. The van der Waals surface area contributed by atoms with Crippen LogP contribution in [0.4, 0.5) is 0 Å². The monoisotopic (exact) mass is 350 g/mol. The van der Waals surface area contributed by atoms with Gasteiger partial charge in [0.25, 0.3) is 0 Å². The number of nitrogens with one attached hydrogen (secondary N) is 2. The smallest absolute Gasteiger partial charge is 0.314 e. The summed E-state index contributed by atoms with van der Waals surface area (Å²) in [5.74, 6) is 0. The molecule has 1 atom stereocenters. The van der Waals surface area contributed by atoms with Gasteiger partial charge < -0.3 is 9.97 Å². The van der Waals surface area contributed by atoms with E-state index >= 15 is 0 Å². The highest BCUT2D eigenvalue weighted by atomic mass is 79.9. The van der Waals surface area contributed by atoms with Crippen molar-refractivity contribution in [3.05, 3.63) is 44.5 Å². The summed E-state index contributed by atoms with van der Waals surface area (Å²) in [6.45, 7) is 2.25. The Balaban J connectivity index is 2.06. The van der Waals surface area contributed by atoms with Crippen molar-refractivity contribution in [2.75, 3.05) is 0 Å².